The number of aromatic nitrogens is 1. The predicted molar refractivity (Wildman–Crippen MR) is 99.9 cm³/mol. The molecular weight excluding hydrogens is 360 g/mol. The van der Waals surface area contributed by atoms with Crippen LogP contribution < -0.4 is 5.32 Å². The van der Waals surface area contributed by atoms with Gasteiger partial charge in [0.05, 0.1) is 17.5 Å². The van der Waals surface area contributed by atoms with Crippen LogP contribution in [0.4, 0.5) is 0 Å². The number of carbonyl (C=O) groups excluding carboxylic acids is 1. The number of hydrogen-bond donors (Lipinski definition) is 2. The molecule has 134 valence electrons. The van der Waals surface area contributed by atoms with Gasteiger partial charge in [-0.25, -0.2) is 4.98 Å². The summed E-state index contributed by atoms with van der Waals surface area (Å²) in [7, 11) is 0. The van der Waals surface area contributed by atoms with E-state index in [2.05, 4.69) is 10.3 Å². The molecule has 1 heterocycles. The molecule has 2 N–H and O–H groups in total. The van der Waals surface area contributed by atoms with Crippen LogP contribution in [0.15, 0.2) is 29.6 Å². The highest BCUT2D eigenvalue weighted by atomic mass is 35.5. The Hall–Kier alpha value is -1.92. The number of rotatable bonds is 8. The lowest BCUT2D eigenvalue weighted by atomic mass is 9.82. The van der Waals surface area contributed by atoms with Gasteiger partial charge in [0.25, 0.3) is 0 Å². The van der Waals surface area contributed by atoms with E-state index in [4.69, 9.17) is 11.6 Å². The maximum absolute atomic E-state index is 12.1. The summed E-state index contributed by atoms with van der Waals surface area (Å²) in [6.45, 7) is 3.77. The van der Waals surface area contributed by atoms with Crippen LogP contribution in [0.1, 0.15) is 32.4 Å². The first-order chi connectivity index (χ1) is 11.9. The van der Waals surface area contributed by atoms with Crippen molar-refractivity contribution in [2.24, 2.45) is 5.41 Å². The fourth-order valence-electron chi connectivity index (χ4n) is 2.49. The van der Waals surface area contributed by atoms with E-state index in [1.165, 1.54) is 11.3 Å². The third-order valence-corrected chi connectivity index (χ3v) is 5.61. The molecule has 2 aromatic rings. The van der Waals surface area contributed by atoms with Gasteiger partial charge in [0, 0.05) is 22.5 Å². The van der Waals surface area contributed by atoms with Gasteiger partial charge in [-0.05, 0) is 25.0 Å². The minimum absolute atomic E-state index is 0.127. The van der Waals surface area contributed by atoms with Crippen molar-refractivity contribution in [2.45, 2.75) is 33.1 Å². The number of halogens is 1. The Labute approximate surface area is 156 Å². The zero-order chi connectivity index (χ0) is 18.4. The molecule has 0 fully saturated rings. The third kappa shape index (κ3) is 4.80. The van der Waals surface area contributed by atoms with E-state index in [-0.39, 0.29) is 18.9 Å². The van der Waals surface area contributed by atoms with Crippen molar-refractivity contribution in [3.05, 3.63) is 40.4 Å². The molecule has 0 spiro atoms. The summed E-state index contributed by atoms with van der Waals surface area (Å²) in [4.78, 5) is 28.1. The van der Waals surface area contributed by atoms with E-state index in [1.807, 2.05) is 31.4 Å². The number of carbonyl (C=O) groups is 2. The number of nitrogens with zero attached hydrogens (tertiary/aromatic N) is 1. The van der Waals surface area contributed by atoms with E-state index in [0.29, 0.717) is 23.6 Å². The molecule has 0 aliphatic heterocycles. The second-order valence-electron chi connectivity index (χ2n) is 5.90. The number of carboxylic acid groups (broad SMARTS) is 1. The molecule has 0 aliphatic carbocycles. The number of aliphatic carboxylic acids is 1. The summed E-state index contributed by atoms with van der Waals surface area (Å²) in [5.74, 6) is -1.10. The van der Waals surface area contributed by atoms with Gasteiger partial charge in [-0.3, -0.25) is 9.59 Å². The molecule has 1 amide bonds. The molecule has 0 saturated carbocycles. The fraction of sp³-hybridized carbons (Fsp3) is 0.389. The Morgan fingerprint density at radius 3 is 2.44 bits per heavy atom. The van der Waals surface area contributed by atoms with Gasteiger partial charge >= 0.3 is 5.97 Å². The molecule has 0 unspecified atom stereocenters. The number of hydrogen-bond acceptors (Lipinski definition) is 4. The molecule has 0 bridgehead atoms. The van der Waals surface area contributed by atoms with Crippen molar-refractivity contribution in [2.75, 3.05) is 6.54 Å². The Kier molecular flexibility index (Phi) is 6.56. The van der Waals surface area contributed by atoms with Crippen LogP contribution in [0.5, 0.6) is 0 Å². The number of nitrogens with one attached hydrogen (secondary N) is 1. The van der Waals surface area contributed by atoms with Crippen LogP contribution >= 0.6 is 22.9 Å². The van der Waals surface area contributed by atoms with Crippen molar-refractivity contribution in [1.29, 1.82) is 0 Å². The van der Waals surface area contributed by atoms with Crippen LogP contribution in [0.25, 0.3) is 10.6 Å². The fourth-order valence-corrected chi connectivity index (χ4v) is 3.44. The highest BCUT2D eigenvalue weighted by Crippen LogP contribution is 2.27. The van der Waals surface area contributed by atoms with E-state index in [0.717, 1.165) is 10.6 Å². The van der Waals surface area contributed by atoms with Crippen LogP contribution in [0.2, 0.25) is 5.02 Å². The second kappa shape index (κ2) is 8.45. The first-order valence-electron chi connectivity index (χ1n) is 8.10. The minimum Gasteiger partial charge on any atom is -0.481 e. The molecule has 1 aromatic heterocycles. The maximum Gasteiger partial charge on any atom is 0.311 e. The van der Waals surface area contributed by atoms with Crippen molar-refractivity contribution >= 4 is 34.8 Å². The van der Waals surface area contributed by atoms with Gasteiger partial charge in [-0.2, -0.15) is 0 Å². The number of benzene rings is 1. The van der Waals surface area contributed by atoms with Crippen molar-refractivity contribution in [3.8, 4) is 10.6 Å². The van der Waals surface area contributed by atoms with Gasteiger partial charge in [-0.15, -0.1) is 11.3 Å². The summed E-state index contributed by atoms with van der Waals surface area (Å²) in [5.41, 5.74) is 0.705. The molecule has 5 nitrogen and oxygen atoms in total. The standard InChI is InChI=1S/C18H21ClN2O3S/c1-3-18(4-2,17(23)24)11-20-15(22)9-14-10-25-16(21-14)12-5-7-13(19)8-6-12/h5-8,10H,3-4,9,11H2,1-2H3,(H,20,22)(H,23,24). The average Bonchev–Trinajstić information content (AvgIpc) is 3.05. The summed E-state index contributed by atoms with van der Waals surface area (Å²) >= 11 is 7.34. The summed E-state index contributed by atoms with van der Waals surface area (Å²) < 4.78 is 0. The van der Waals surface area contributed by atoms with E-state index in [9.17, 15) is 14.7 Å². The lowest BCUT2D eigenvalue weighted by molar-refractivity contribution is -0.149. The molecule has 2 rings (SSSR count). The first-order valence-corrected chi connectivity index (χ1v) is 9.36. The maximum atomic E-state index is 12.1. The topological polar surface area (TPSA) is 79.3 Å². The third-order valence-electron chi connectivity index (χ3n) is 4.42. The van der Waals surface area contributed by atoms with E-state index < -0.39 is 11.4 Å². The highest BCUT2D eigenvalue weighted by molar-refractivity contribution is 7.13. The summed E-state index contributed by atoms with van der Waals surface area (Å²) in [6.07, 6.45) is 1.07. The molecule has 0 saturated heterocycles. The predicted octanol–water partition coefficient (Wildman–Crippen LogP) is 4.01. The highest BCUT2D eigenvalue weighted by Gasteiger charge is 2.35. The zero-order valence-corrected chi connectivity index (χ0v) is 15.8. The molecule has 7 heteroatoms. The monoisotopic (exact) mass is 380 g/mol. The molecule has 0 atom stereocenters. The number of amides is 1. The van der Waals surface area contributed by atoms with Crippen molar-refractivity contribution < 1.29 is 14.7 Å². The number of carboxylic acids is 1. The van der Waals surface area contributed by atoms with Crippen LogP contribution in [0.3, 0.4) is 0 Å². The zero-order valence-electron chi connectivity index (χ0n) is 14.2. The summed E-state index contributed by atoms with van der Waals surface area (Å²) in [5, 5.41) is 15.5. The molecule has 25 heavy (non-hydrogen) atoms. The molecular formula is C18H21ClN2O3S. The second-order valence-corrected chi connectivity index (χ2v) is 7.19. The van der Waals surface area contributed by atoms with Crippen molar-refractivity contribution in [1.82, 2.24) is 10.3 Å². The van der Waals surface area contributed by atoms with Crippen LogP contribution in [-0.2, 0) is 16.0 Å². The Bertz CT molecular complexity index is 739. The van der Waals surface area contributed by atoms with Gasteiger partial charge < -0.3 is 10.4 Å². The normalized spacial score (nSPS) is 11.3. The van der Waals surface area contributed by atoms with Gasteiger partial charge in [0.1, 0.15) is 5.01 Å². The largest absolute Gasteiger partial charge is 0.481 e. The number of thiazole rings is 1. The Morgan fingerprint density at radius 2 is 1.88 bits per heavy atom. The first kappa shape index (κ1) is 19.4. The molecule has 1 aromatic carbocycles. The smallest absolute Gasteiger partial charge is 0.311 e. The minimum atomic E-state index is -0.911. The Morgan fingerprint density at radius 1 is 1.24 bits per heavy atom. The van der Waals surface area contributed by atoms with Crippen LogP contribution in [-0.4, -0.2) is 28.5 Å². The molecule has 0 radical (unpaired) electrons. The van der Waals surface area contributed by atoms with E-state index >= 15 is 0 Å². The van der Waals surface area contributed by atoms with Crippen molar-refractivity contribution in [3.63, 3.8) is 0 Å². The van der Waals surface area contributed by atoms with Gasteiger partial charge in [-0.1, -0.05) is 37.6 Å². The molecule has 0 aliphatic rings. The van der Waals surface area contributed by atoms with Gasteiger partial charge in [0.2, 0.25) is 5.91 Å². The quantitative estimate of drug-likeness (QED) is 0.725. The SMILES string of the molecule is CCC(CC)(CNC(=O)Cc1csc(-c2ccc(Cl)cc2)n1)C(=O)O. The Balaban J connectivity index is 1.97. The lowest BCUT2D eigenvalue weighted by Gasteiger charge is -2.26. The average molecular weight is 381 g/mol. The lowest BCUT2D eigenvalue weighted by Crippen LogP contribution is -2.42. The van der Waals surface area contributed by atoms with E-state index in [1.54, 1.807) is 12.1 Å². The van der Waals surface area contributed by atoms with Gasteiger partial charge in [0.15, 0.2) is 0 Å². The summed E-state index contributed by atoms with van der Waals surface area (Å²) in [6, 6.07) is 7.36. The van der Waals surface area contributed by atoms with Crippen LogP contribution in [0, 0.1) is 5.41 Å².